The number of hydrogen-bond donors (Lipinski definition) is 2. The maximum absolute atomic E-state index is 13.4. The molecule has 1 saturated heterocycles. The molecule has 1 fully saturated rings. The van der Waals surface area contributed by atoms with E-state index < -0.39 is 28.0 Å². The first-order chi connectivity index (χ1) is 15.9. The van der Waals surface area contributed by atoms with Gasteiger partial charge in [0.2, 0.25) is 5.91 Å². The van der Waals surface area contributed by atoms with Crippen molar-refractivity contribution in [3.05, 3.63) is 90.0 Å². The van der Waals surface area contributed by atoms with Gasteiger partial charge in [-0.15, -0.1) is 0 Å². The third kappa shape index (κ3) is 5.19. The SMILES string of the molecule is O=C1CO[C@H](c2ccc(NS(=O)(=O)c3cccc(F)c3)cc2)[C@@H](CO)N1Cc1cccnc1. The van der Waals surface area contributed by atoms with Gasteiger partial charge in [0.05, 0.1) is 17.5 Å². The number of aromatic nitrogens is 1. The molecule has 2 atom stereocenters. The molecule has 2 N–H and O–H groups in total. The number of carbonyl (C=O) groups excluding carboxylic acids is 1. The van der Waals surface area contributed by atoms with E-state index in [1.54, 1.807) is 47.6 Å². The van der Waals surface area contributed by atoms with Crippen LogP contribution in [-0.4, -0.2) is 48.6 Å². The lowest BCUT2D eigenvalue weighted by Gasteiger charge is -2.40. The molecule has 1 amide bonds. The average molecular weight is 472 g/mol. The number of nitrogens with one attached hydrogen (secondary N) is 1. The van der Waals surface area contributed by atoms with Gasteiger partial charge in [0.1, 0.15) is 18.5 Å². The molecule has 0 bridgehead atoms. The molecular formula is C23H22FN3O5S. The van der Waals surface area contributed by atoms with Crippen molar-refractivity contribution in [3.63, 3.8) is 0 Å². The number of ether oxygens (including phenoxy) is 1. The van der Waals surface area contributed by atoms with E-state index in [0.717, 1.165) is 17.7 Å². The van der Waals surface area contributed by atoms with Crippen LogP contribution < -0.4 is 4.72 Å². The zero-order valence-corrected chi connectivity index (χ0v) is 18.3. The quantitative estimate of drug-likeness (QED) is 0.548. The molecule has 2 aromatic carbocycles. The van der Waals surface area contributed by atoms with E-state index in [4.69, 9.17) is 4.74 Å². The van der Waals surface area contributed by atoms with E-state index in [1.807, 2.05) is 6.07 Å². The van der Waals surface area contributed by atoms with Gasteiger partial charge in [0.15, 0.2) is 0 Å². The third-order valence-electron chi connectivity index (χ3n) is 5.32. The topological polar surface area (TPSA) is 109 Å². The largest absolute Gasteiger partial charge is 0.394 e. The summed E-state index contributed by atoms with van der Waals surface area (Å²) in [5.41, 5.74) is 1.78. The molecule has 172 valence electrons. The Labute approximate surface area is 190 Å². The predicted molar refractivity (Wildman–Crippen MR) is 118 cm³/mol. The van der Waals surface area contributed by atoms with Crippen LogP contribution in [0.25, 0.3) is 0 Å². The number of rotatable bonds is 7. The summed E-state index contributed by atoms with van der Waals surface area (Å²) in [6, 6.07) is 14.1. The van der Waals surface area contributed by atoms with Crippen molar-refractivity contribution in [3.8, 4) is 0 Å². The molecule has 0 spiro atoms. The zero-order valence-electron chi connectivity index (χ0n) is 17.5. The Kier molecular flexibility index (Phi) is 6.68. The highest BCUT2D eigenvalue weighted by atomic mass is 32.2. The van der Waals surface area contributed by atoms with Gasteiger partial charge in [-0.3, -0.25) is 14.5 Å². The van der Waals surface area contributed by atoms with Crippen LogP contribution in [0.5, 0.6) is 0 Å². The molecule has 33 heavy (non-hydrogen) atoms. The van der Waals surface area contributed by atoms with Crippen molar-refractivity contribution >= 4 is 21.6 Å². The van der Waals surface area contributed by atoms with E-state index >= 15 is 0 Å². The molecule has 2 heterocycles. The number of hydrogen-bond acceptors (Lipinski definition) is 6. The van der Waals surface area contributed by atoms with Crippen LogP contribution in [0.15, 0.2) is 78.0 Å². The molecule has 3 aromatic rings. The van der Waals surface area contributed by atoms with Crippen LogP contribution in [-0.2, 0) is 26.1 Å². The lowest BCUT2D eigenvalue weighted by atomic mass is 9.98. The van der Waals surface area contributed by atoms with Crippen LogP contribution >= 0.6 is 0 Å². The smallest absolute Gasteiger partial charge is 0.261 e. The van der Waals surface area contributed by atoms with Crippen molar-refractivity contribution in [2.24, 2.45) is 0 Å². The third-order valence-corrected chi connectivity index (χ3v) is 6.70. The van der Waals surface area contributed by atoms with Crippen molar-refractivity contribution in [2.45, 2.75) is 23.6 Å². The second-order valence-electron chi connectivity index (χ2n) is 7.55. The second-order valence-corrected chi connectivity index (χ2v) is 9.23. The number of amides is 1. The van der Waals surface area contributed by atoms with Crippen LogP contribution in [0.2, 0.25) is 0 Å². The lowest BCUT2D eigenvalue weighted by Crippen LogP contribution is -2.52. The highest BCUT2D eigenvalue weighted by Crippen LogP contribution is 2.31. The summed E-state index contributed by atoms with van der Waals surface area (Å²) in [5.74, 6) is -0.892. The van der Waals surface area contributed by atoms with Gasteiger partial charge in [0.25, 0.3) is 10.0 Å². The maximum atomic E-state index is 13.4. The molecule has 0 radical (unpaired) electrons. The summed E-state index contributed by atoms with van der Waals surface area (Å²) in [5, 5.41) is 10.0. The molecule has 4 rings (SSSR count). The first-order valence-electron chi connectivity index (χ1n) is 10.2. The Balaban J connectivity index is 1.52. The van der Waals surface area contributed by atoms with Gasteiger partial charge in [-0.05, 0) is 47.5 Å². The normalized spacial score (nSPS) is 18.8. The first kappa shape index (κ1) is 22.8. The maximum Gasteiger partial charge on any atom is 0.261 e. The molecule has 0 saturated carbocycles. The molecule has 1 aliphatic rings. The minimum atomic E-state index is -3.96. The van der Waals surface area contributed by atoms with E-state index in [-0.39, 0.29) is 36.2 Å². The predicted octanol–water partition coefficient (Wildman–Crippen LogP) is 2.48. The highest BCUT2D eigenvalue weighted by molar-refractivity contribution is 7.92. The van der Waals surface area contributed by atoms with Crippen LogP contribution in [0, 0.1) is 5.82 Å². The van der Waals surface area contributed by atoms with Crippen LogP contribution in [0.1, 0.15) is 17.2 Å². The number of aliphatic hydroxyl groups excluding tert-OH is 1. The first-order valence-corrected chi connectivity index (χ1v) is 11.6. The molecule has 10 heteroatoms. The van der Waals surface area contributed by atoms with Crippen molar-refractivity contribution in [1.82, 2.24) is 9.88 Å². The molecule has 0 unspecified atom stereocenters. The number of benzene rings is 2. The number of carbonyl (C=O) groups is 1. The standard InChI is InChI=1S/C23H22FN3O5S/c24-18-4-1-5-20(11-18)33(30,31)26-19-8-6-17(7-9-19)23-21(14-28)27(22(29)15-32-23)13-16-3-2-10-25-12-16/h1-12,21,23,26,28H,13-15H2/t21-,23-/m1/s1. The minimum Gasteiger partial charge on any atom is -0.394 e. The van der Waals surface area contributed by atoms with E-state index in [0.29, 0.717) is 5.56 Å². The number of morpholine rings is 1. The Bertz CT molecular complexity index is 1220. The van der Waals surface area contributed by atoms with Gasteiger partial charge in [0, 0.05) is 24.6 Å². The van der Waals surface area contributed by atoms with Crippen LogP contribution in [0.4, 0.5) is 10.1 Å². The molecular weight excluding hydrogens is 449 g/mol. The number of halogens is 1. The number of aliphatic hydroxyl groups is 1. The van der Waals surface area contributed by atoms with E-state index in [2.05, 4.69) is 9.71 Å². The molecule has 8 nitrogen and oxygen atoms in total. The van der Waals surface area contributed by atoms with Gasteiger partial charge >= 0.3 is 0 Å². The minimum absolute atomic E-state index is 0.143. The Morgan fingerprint density at radius 2 is 1.94 bits per heavy atom. The fraction of sp³-hybridized carbons (Fsp3) is 0.217. The Morgan fingerprint density at radius 3 is 2.61 bits per heavy atom. The highest BCUT2D eigenvalue weighted by Gasteiger charge is 2.37. The summed E-state index contributed by atoms with van der Waals surface area (Å²) >= 11 is 0. The Morgan fingerprint density at radius 1 is 1.15 bits per heavy atom. The number of sulfonamides is 1. The number of nitrogens with zero attached hydrogens (tertiary/aromatic N) is 2. The number of pyridine rings is 1. The second kappa shape index (κ2) is 9.65. The fourth-order valence-corrected chi connectivity index (χ4v) is 4.79. The summed E-state index contributed by atoms with van der Waals surface area (Å²) in [6.07, 6.45) is 2.70. The van der Waals surface area contributed by atoms with Crippen molar-refractivity contribution < 1.29 is 27.4 Å². The lowest BCUT2D eigenvalue weighted by molar-refractivity contribution is -0.162. The summed E-state index contributed by atoms with van der Waals surface area (Å²) < 4.78 is 46.6. The fourth-order valence-electron chi connectivity index (χ4n) is 3.70. The Hall–Kier alpha value is -3.34. The van der Waals surface area contributed by atoms with Crippen molar-refractivity contribution in [2.75, 3.05) is 17.9 Å². The van der Waals surface area contributed by atoms with Crippen LogP contribution in [0.3, 0.4) is 0 Å². The van der Waals surface area contributed by atoms with E-state index in [9.17, 15) is 22.7 Å². The average Bonchev–Trinajstić information content (AvgIpc) is 2.81. The van der Waals surface area contributed by atoms with Crippen molar-refractivity contribution in [1.29, 1.82) is 0 Å². The summed E-state index contributed by atoms with van der Waals surface area (Å²) in [7, 11) is -3.96. The van der Waals surface area contributed by atoms with Gasteiger partial charge in [-0.1, -0.05) is 24.3 Å². The van der Waals surface area contributed by atoms with Gasteiger partial charge < -0.3 is 14.7 Å². The van der Waals surface area contributed by atoms with Gasteiger partial charge in [-0.2, -0.15) is 0 Å². The number of anilines is 1. The molecule has 1 aromatic heterocycles. The summed E-state index contributed by atoms with van der Waals surface area (Å²) in [6.45, 7) is -0.177. The summed E-state index contributed by atoms with van der Waals surface area (Å²) in [4.78, 5) is 17.9. The zero-order chi connectivity index (χ0) is 23.4. The molecule has 0 aliphatic carbocycles. The van der Waals surface area contributed by atoms with E-state index in [1.165, 1.54) is 12.1 Å². The van der Waals surface area contributed by atoms with Gasteiger partial charge in [-0.25, -0.2) is 12.8 Å². The molecule has 1 aliphatic heterocycles. The monoisotopic (exact) mass is 471 g/mol.